The maximum atomic E-state index is 8.79. The highest BCUT2D eigenvalue weighted by molar-refractivity contribution is 6.62. The Balaban J connectivity index is 3.24. The van der Waals surface area contributed by atoms with Gasteiger partial charge in [0.2, 0.25) is 0 Å². The van der Waals surface area contributed by atoms with Crippen molar-refractivity contribution in [3.63, 3.8) is 0 Å². The van der Waals surface area contributed by atoms with Crippen LogP contribution in [0.5, 0.6) is 0 Å². The van der Waals surface area contributed by atoms with Crippen LogP contribution in [0.4, 0.5) is 0 Å². The largest absolute Gasteiger partial charge is 0.420 e. The molecule has 0 fully saturated rings. The smallest absolute Gasteiger partial charge is 0.226 e. The molecule has 0 aliphatic carbocycles. The molecule has 0 aliphatic heterocycles. The van der Waals surface area contributed by atoms with Crippen LogP contribution in [0.3, 0.4) is 0 Å². The van der Waals surface area contributed by atoms with Crippen molar-refractivity contribution >= 4 is 61.1 Å². The number of nitrogens with zero attached hydrogens (tertiary/aromatic N) is 2. The maximum absolute atomic E-state index is 8.79. The Labute approximate surface area is 99.7 Å². The summed E-state index contributed by atoms with van der Waals surface area (Å²) in [5, 5.41) is 17.3. The number of hydrogen-bond donors (Lipinski definition) is 0. The van der Waals surface area contributed by atoms with Crippen LogP contribution in [0.2, 0.25) is 0 Å². The van der Waals surface area contributed by atoms with E-state index in [-0.39, 0.29) is 15.2 Å². The molecule has 0 aliphatic rings. The van der Waals surface area contributed by atoms with E-state index in [0.29, 0.717) is 5.56 Å². The Morgan fingerprint density at radius 2 is 1.69 bits per heavy atom. The lowest BCUT2D eigenvalue weighted by Crippen LogP contribution is -2.30. The Morgan fingerprint density at radius 1 is 1.15 bits per heavy atom. The van der Waals surface area contributed by atoms with Gasteiger partial charge >= 0.3 is 15.2 Å². The van der Waals surface area contributed by atoms with Crippen LogP contribution in [-0.2, 0) is 0 Å². The number of benzene rings is 1. The summed E-state index contributed by atoms with van der Waals surface area (Å²) in [6, 6.07) is 5.89. The molecule has 2 nitrogen and oxygen atoms in total. The van der Waals surface area contributed by atoms with Gasteiger partial charge in [0, 0.05) is 5.56 Å². The average Bonchev–Trinajstić information content (AvgIpc) is 2.04. The predicted molar refractivity (Wildman–Crippen MR) is 52.9 cm³/mol. The topological polar surface area (TPSA) is 47.6 Å². The van der Waals surface area contributed by atoms with Crippen LogP contribution in [0.25, 0.3) is 0 Å². The first-order valence-electron chi connectivity index (χ1n) is 3.51. The fourth-order valence-electron chi connectivity index (χ4n) is 0.999. The van der Waals surface area contributed by atoms with Crippen molar-refractivity contribution in [3.05, 3.63) is 17.7 Å². The summed E-state index contributed by atoms with van der Waals surface area (Å²) in [6.45, 7) is 0. The molecular weight excluding hydrogens is 205 g/mol. The van der Waals surface area contributed by atoms with Gasteiger partial charge in [-0.3, -0.25) is 0 Å². The quantitative estimate of drug-likeness (QED) is 0.498. The first-order valence-corrected chi connectivity index (χ1v) is 5.82. The second-order valence-electron chi connectivity index (χ2n) is 2.46. The minimum Gasteiger partial charge on any atom is -0.226 e. The SMILES string of the molecule is N#[C][Al][c]1c[c]([Al])c(C#N)[c]([Al])c1. The van der Waals surface area contributed by atoms with Gasteiger partial charge in [0.1, 0.15) is 0 Å². The molecule has 53 valence electrons. The molecule has 0 saturated heterocycles. The number of nitriles is 2. The van der Waals surface area contributed by atoms with Gasteiger partial charge in [-0.2, -0.15) is 5.26 Å². The molecule has 0 heterocycles. The summed E-state index contributed by atoms with van der Waals surface area (Å²) in [4.78, 5) is 2.16. The highest BCUT2D eigenvalue weighted by atomic mass is 27.1. The molecule has 1 aromatic rings. The molecule has 0 bridgehead atoms. The van der Waals surface area contributed by atoms with Gasteiger partial charge in [0.25, 0.3) is 0 Å². The van der Waals surface area contributed by atoms with E-state index in [1.54, 1.807) is 0 Å². The van der Waals surface area contributed by atoms with Crippen molar-refractivity contribution < 1.29 is 0 Å². The number of rotatable bonds is 1. The molecule has 0 unspecified atom stereocenters. The van der Waals surface area contributed by atoms with Gasteiger partial charge in [0.15, 0.2) is 32.6 Å². The van der Waals surface area contributed by atoms with Crippen LogP contribution >= 0.6 is 0 Å². The molecule has 0 spiro atoms. The van der Waals surface area contributed by atoms with E-state index in [4.69, 9.17) is 10.5 Å². The van der Waals surface area contributed by atoms with Crippen molar-refractivity contribution in [2.45, 2.75) is 0 Å². The number of hydrogen-bond acceptors (Lipinski definition) is 2. The second-order valence-corrected chi connectivity index (χ2v) is 4.92. The standard InChI is InChI=1S/C7H2N.CN.3Al/c8-6-7-4-2-1-3-5-7;1-2;;;/h2-3H;;;;. The lowest BCUT2D eigenvalue weighted by atomic mass is 10.2. The molecule has 13 heavy (non-hydrogen) atoms. The monoisotopic (exact) mass is 207 g/mol. The lowest BCUT2D eigenvalue weighted by Gasteiger charge is -2.06. The van der Waals surface area contributed by atoms with E-state index in [2.05, 4.69) is 43.6 Å². The molecule has 0 atom stereocenters. The normalized spacial score (nSPS) is 8.46. The summed E-state index contributed by atoms with van der Waals surface area (Å²) < 4.78 is 2.76. The minimum atomic E-state index is -0.325. The highest BCUT2D eigenvalue weighted by Crippen LogP contribution is 1.85. The summed E-state index contributed by atoms with van der Waals surface area (Å²) in [5.74, 6) is 0. The Kier molecular flexibility index (Phi) is 4.08. The summed E-state index contributed by atoms with van der Waals surface area (Å²) >= 11 is 4.71. The van der Waals surface area contributed by atoms with Crippen LogP contribution in [0.1, 0.15) is 5.56 Å². The molecule has 5 radical (unpaired) electrons. The maximum Gasteiger partial charge on any atom is 0.420 e. The van der Waals surface area contributed by atoms with Gasteiger partial charge in [-0.15, -0.1) is 13.3 Å². The van der Waals surface area contributed by atoms with Gasteiger partial charge in [0.05, 0.1) is 6.07 Å². The third-order valence-corrected chi connectivity index (χ3v) is 3.27. The summed E-state index contributed by atoms with van der Waals surface area (Å²) in [5.41, 5.74) is 0.663. The van der Waals surface area contributed by atoms with Gasteiger partial charge in [-0.25, -0.2) is 5.26 Å². The van der Waals surface area contributed by atoms with E-state index < -0.39 is 0 Å². The second kappa shape index (κ2) is 4.87. The van der Waals surface area contributed by atoms with Crippen molar-refractivity contribution in [2.75, 3.05) is 0 Å². The predicted octanol–water partition coefficient (Wildman–Crippen LogP) is -2.04. The fourth-order valence-corrected chi connectivity index (χ4v) is 3.07. The zero-order valence-electron chi connectivity index (χ0n) is 6.78. The molecule has 0 N–H and O–H groups in total. The van der Waals surface area contributed by atoms with Gasteiger partial charge < -0.3 is 0 Å². The van der Waals surface area contributed by atoms with Gasteiger partial charge in [-0.05, 0) is 0 Å². The first kappa shape index (κ1) is 10.9. The fraction of sp³-hybridized carbons (Fsp3) is 0. The van der Waals surface area contributed by atoms with Crippen LogP contribution < -0.4 is 13.3 Å². The third-order valence-electron chi connectivity index (χ3n) is 1.56. The van der Waals surface area contributed by atoms with Gasteiger partial charge in [-0.1, -0.05) is 17.1 Å². The van der Waals surface area contributed by atoms with Crippen LogP contribution in [-0.4, -0.2) is 47.8 Å². The summed E-state index contributed by atoms with van der Waals surface area (Å²) in [7, 11) is 0. The molecule has 1 aromatic carbocycles. The van der Waals surface area contributed by atoms with E-state index in [0.717, 1.165) is 13.3 Å². The van der Waals surface area contributed by atoms with E-state index in [1.807, 2.05) is 12.1 Å². The molecule has 1 rings (SSSR count). The zero-order valence-corrected chi connectivity index (χ0v) is 10.2. The highest BCUT2D eigenvalue weighted by Gasteiger charge is 2.03. The van der Waals surface area contributed by atoms with Crippen molar-refractivity contribution in [1.82, 2.24) is 0 Å². The van der Waals surface area contributed by atoms with Crippen molar-refractivity contribution in [3.8, 4) is 11.0 Å². The lowest BCUT2D eigenvalue weighted by molar-refractivity contribution is 1.51. The summed E-state index contributed by atoms with van der Waals surface area (Å²) in [6.07, 6.45) is 0. The van der Waals surface area contributed by atoms with Crippen LogP contribution in [0.15, 0.2) is 12.1 Å². The minimum absolute atomic E-state index is 0.325. The van der Waals surface area contributed by atoms with Crippen molar-refractivity contribution in [2.24, 2.45) is 0 Å². The van der Waals surface area contributed by atoms with Crippen molar-refractivity contribution in [1.29, 1.82) is 10.5 Å². The van der Waals surface area contributed by atoms with Crippen LogP contribution in [0, 0.1) is 21.5 Å². The zero-order chi connectivity index (χ0) is 9.84. The third kappa shape index (κ3) is 2.62. The van der Waals surface area contributed by atoms with E-state index >= 15 is 0 Å². The first-order chi connectivity index (χ1) is 6.19. The molecule has 0 aromatic heterocycles. The molecular formula is C8H2Al3N2. The van der Waals surface area contributed by atoms with E-state index in [9.17, 15) is 0 Å². The average molecular weight is 207 g/mol. The Morgan fingerprint density at radius 3 is 2.08 bits per heavy atom. The Bertz CT molecular complexity index is 391. The molecule has 0 amide bonds. The Hall–Kier alpha value is -0.203. The molecule has 5 heteroatoms. The van der Waals surface area contributed by atoms with E-state index in [1.165, 1.54) is 0 Å². The molecule has 0 saturated carbocycles.